The van der Waals surface area contributed by atoms with Crippen molar-refractivity contribution in [3.8, 4) is 11.5 Å². The molecule has 0 bridgehead atoms. The van der Waals surface area contributed by atoms with E-state index in [1.807, 2.05) is 72.8 Å². The largest absolute Gasteiger partial charge is 0.453 e. The Balaban J connectivity index is 2.01. The lowest BCUT2D eigenvalue weighted by Gasteiger charge is -2.33. The summed E-state index contributed by atoms with van der Waals surface area (Å²) < 4.78 is 5.97. The molecular weight excluding hydrogens is 274 g/mol. The van der Waals surface area contributed by atoms with E-state index in [0.29, 0.717) is 5.56 Å². The maximum Gasteiger partial charge on any atom is 0.152 e. The van der Waals surface area contributed by atoms with E-state index >= 15 is 0 Å². The molecule has 3 aromatic rings. The third-order valence-corrected chi connectivity index (χ3v) is 3.74. The average molecular weight is 287 g/mol. The minimum atomic E-state index is 0.647. The molecule has 0 unspecified atom stereocenters. The molecule has 0 N–H and O–H groups in total. The number of fused-ring (bicyclic) bond motifs is 2. The first kappa shape index (κ1) is 12.7. The maximum atomic E-state index is 11.4. The van der Waals surface area contributed by atoms with Gasteiger partial charge in [-0.15, -0.1) is 0 Å². The lowest BCUT2D eigenvalue weighted by molar-refractivity contribution is 0.112. The van der Waals surface area contributed by atoms with Crippen molar-refractivity contribution in [3.63, 3.8) is 0 Å². The first-order valence-electron chi connectivity index (χ1n) is 7.09. The van der Waals surface area contributed by atoms with E-state index in [1.54, 1.807) is 0 Å². The Labute approximate surface area is 128 Å². The zero-order valence-electron chi connectivity index (χ0n) is 11.8. The van der Waals surface area contributed by atoms with Gasteiger partial charge in [0.25, 0.3) is 0 Å². The molecule has 0 atom stereocenters. The Kier molecular flexibility index (Phi) is 2.90. The van der Waals surface area contributed by atoms with Gasteiger partial charge in [0, 0.05) is 5.56 Å². The van der Waals surface area contributed by atoms with Crippen LogP contribution in [-0.2, 0) is 0 Å². The molecule has 0 aromatic heterocycles. The number of carbonyl (C=O) groups is 1. The van der Waals surface area contributed by atoms with Crippen molar-refractivity contribution in [1.29, 1.82) is 0 Å². The fourth-order valence-corrected chi connectivity index (χ4v) is 2.75. The van der Waals surface area contributed by atoms with Crippen LogP contribution in [0.2, 0.25) is 0 Å². The van der Waals surface area contributed by atoms with Gasteiger partial charge in [-0.1, -0.05) is 36.4 Å². The van der Waals surface area contributed by atoms with Crippen LogP contribution in [0.4, 0.5) is 17.1 Å². The van der Waals surface area contributed by atoms with Gasteiger partial charge in [-0.25, -0.2) is 0 Å². The molecule has 0 spiro atoms. The molecule has 1 heterocycles. The highest BCUT2D eigenvalue weighted by Crippen LogP contribution is 2.50. The molecule has 3 aromatic carbocycles. The minimum Gasteiger partial charge on any atom is -0.453 e. The number of benzene rings is 3. The molecule has 1 aliphatic heterocycles. The van der Waals surface area contributed by atoms with E-state index in [4.69, 9.17) is 4.74 Å². The summed E-state index contributed by atoms with van der Waals surface area (Å²) in [6.45, 7) is 0. The van der Waals surface area contributed by atoms with Crippen LogP contribution in [0.25, 0.3) is 0 Å². The number of aldehydes is 1. The Hall–Kier alpha value is -3.07. The standard InChI is InChI=1S/C19H13NO2/c21-13-14-7-1-2-8-15(14)20-16-9-3-5-11-18(16)22-19-12-6-4-10-17(19)20/h1-13H. The molecule has 1 aliphatic rings. The molecule has 0 saturated carbocycles. The van der Waals surface area contributed by atoms with E-state index in [0.717, 1.165) is 34.8 Å². The SMILES string of the molecule is O=Cc1ccccc1N1c2ccccc2Oc2ccccc21. The zero-order chi connectivity index (χ0) is 14.9. The summed E-state index contributed by atoms with van der Waals surface area (Å²) in [5, 5.41) is 0. The molecule has 3 nitrogen and oxygen atoms in total. The van der Waals surface area contributed by atoms with Gasteiger partial charge in [0.1, 0.15) is 0 Å². The van der Waals surface area contributed by atoms with E-state index in [2.05, 4.69) is 4.90 Å². The number of rotatable bonds is 2. The highest BCUT2D eigenvalue weighted by molar-refractivity contribution is 5.94. The molecular formula is C19H13NO2. The van der Waals surface area contributed by atoms with Crippen LogP contribution in [0, 0.1) is 0 Å². The lowest BCUT2D eigenvalue weighted by atomic mass is 10.1. The van der Waals surface area contributed by atoms with Crippen LogP contribution in [0.15, 0.2) is 72.8 Å². The predicted molar refractivity (Wildman–Crippen MR) is 86.6 cm³/mol. The number of para-hydroxylation sites is 5. The number of anilines is 3. The molecule has 106 valence electrons. The van der Waals surface area contributed by atoms with Gasteiger partial charge in [0.15, 0.2) is 17.8 Å². The monoisotopic (exact) mass is 287 g/mol. The molecule has 22 heavy (non-hydrogen) atoms. The maximum absolute atomic E-state index is 11.4. The second-order valence-electron chi connectivity index (χ2n) is 5.05. The number of nitrogens with zero attached hydrogens (tertiary/aromatic N) is 1. The van der Waals surface area contributed by atoms with Gasteiger partial charge >= 0.3 is 0 Å². The second-order valence-corrected chi connectivity index (χ2v) is 5.05. The number of ether oxygens (including phenoxy) is 1. The molecule has 4 rings (SSSR count). The first-order valence-corrected chi connectivity index (χ1v) is 7.09. The van der Waals surface area contributed by atoms with Crippen LogP contribution in [0.5, 0.6) is 11.5 Å². The number of hydrogen-bond acceptors (Lipinski definition) is 3. The first-order chi connectivity index (χ1) is 10.9. The van der Waals surface area contributed by atoms with Crippen LogP contribution >= 0.6 is 0 Å². The van der Waals surface area contributed by atoms with Gasteiger partial charge in [-0.3, -0.25) is 4.79 Å². The van der Waals surface area contributed by atoms with Crippen LogP contribution in [-0.4, -0.2) is 6.29 Å². The fourth-order valence-electron chi connectivity index (χ4n) is 2.75. The van der Waals surface area contributed by atoms with E-state index in [-0.39, 0.29) is 0 Å². The molecule has 0 fully saturated rings. The van der Waals surface area contributed by atoms with Crippen LogP contribution < -0.4 is 9.64 Å². The Morgan fingerprint density at radius 3 is 1.77 bits per heavy atom. The quantitative estimate of drug-likeness (QED) is 0.482. The summed E-state index contributed by atoms with van der Waals surface area (Å²) in [5.74, 6) is 1.56. The highest BCUT2D eigenvalue weighted by Gasteiger charge is 2.26. The Bertz CT molecular complexity index is 812. The molecule has 0 radical (unpaired) electrons. The number of carbonyl (C=O) groups excluding carboxylic acids is 1. The van der Waals surface area contributed by atoms with Crippen molar-refractivity contribution < 1.29 is 9.53 Å². The molecule has 3 heteroatoms. The predicted octanol–water partition coefficient (Wildman–Crippen LogP) is 5.07. The van der Waals surface area contributed by atoms with Gasteiger partial charge in [-0.05, 0) is 36.4 Å². The summed E-state index contributed by atoms with van der Waals surface area (Å²) in [7, 11) is 0. The van der Waals surface area contributed by atoms with Crippen molar-refractivity contribution in [2.24, 2.45) is 0 Å². The fraction of sp³-hybridized carbons (Fsp3) is 0. The van der Waals surface area contributed by atoms with E-state index in [1.165, 1.54) is 0 Å². The molecule has 0 saturated heterocycles. The summed E-state index contributed by atoms with van der Waals surface area (Å²) in [5.41, 5.74) is 3.35. The van der Waals surface area contributed by atoms with Gasteiger partial charge in [-0.2, -0.15) is 0 Å². The zero-order valence-corrected chi connectivity index (χ0v) is 11.8. The van der Waals surface area contributed by atoms with Gasteiger partial charge in [0.05, 0.1) is 17.1 Å². The molecule has 0 aliphatic carbocycles. The summed E-state index contributed by atoms with van der Waals surface area (Å²) in [6.07, 6.45) is 0.885. The van der Waals surface area contributed by atoms with Crippen LogP contribution in [0.3, 0.4) is 0 Å². The summed E-state index contributed by atoms with van der Waals surface area (Å²) in [4.78, 5) is 13.5. The van der Waals surface area contributed by atoms with Crippen molar-refractivity contribution in [1.82, 2.24) is 0 Å². The van der Waals surface area contributed by atoms with Crippen molar-refractivity contribution in [3.05, 3.63) is 78.4 Å². The summed E-state index contributed by atoms with van der Waals surface area (Å²) >= 11 is 0. The lowest BCUT2D eigenvalue weighted by Crippen LogP contribution is -2.16. The minimum absolute atomic E-state index is 0.647. The third-order valence-electron chi connectivity index (χ3n) is 3.74. The van der Waals surface area contributed by atoms with Gasteiger partial charge in [0.2, 0.25) is 0 Å². The van der Waals surface area contributed by atoms with Crippen molar-refractivity contribution >= 4 is 23.3 Å². The smallest absolute Gasteiger partial charge is 0.152 e. The third kappa shape index (κ3) is 1.87. The average Bonchev–Trinajstić information content (AvgIpc) is 2.59. The van der Waals surface area contributed by atoms with Crippen molar-refractivity contribution in [2.75, 3.05) is 4.90 Å². The van der Waals surface area contributed by atoms with E-state index in [9.17, 15) is 4.79 Å². The van der Waals surface area contributed by atoms with Crippen molar-refractivity contribution in [2.45, 2.75) is 0 Å². The normalized spacial score (nSPS) is 12.1. The number of hydrogen-bond donors (Lipinski definition) is 0. The van der Waals surface area contributed by atoms with Gasteiger partial charge < -0.3 is 9.64 Å². The van der Waals surface area contributed by atoms with E-state index < -0.39 is 0 Å². The topological polar surface area (TPSA) is 29.5 Å². The molecule has 0 amide bonds. The highest BCUT2D eigenvalue weighted by atomic mass is 16.5. The summed E-state index contributed by atoms with van der Waals surface area (Å²) in [6, 6.07) is 23.2. The second kappa shape index (κ2) is 5.04. The van der Waals surface area contributed by atoms with Crippen LogP contribution in [0.1, 0.15) is 10.4 Å². The Morgan fingerprint density at radius 1 is 0.682 bits per heavy atom. The Morgan fingerprint density at radius 2 is 1.18 bits per heavy atom.